The van der Waals surface area contributed by atoms with Crippen molar-refractivity contribution in [2.45, 2.75) is 38.8 Å². The van der Waals surface area contributed by atoms with Crippen molar-refractivity contribution in [2.24, 2.45) is 5.92 Å². The van der Waals surface area contributed by atoms with Crippen molar-refractivity contribution in [3.05, 3.63) is 0 Å². The Morgan fingerprint density at radius 3 is 2.44 bits per heavy atom. The second-order valence-electron chi connectivity index (χ2n) is 7.73. The highest BCUT2D eigenvalue weighted by Gasteiger charge is 2.30. The van der Waals surface area contributed by atoms with Gasteiger partial charge in [0.2, 0.25) is 5.91 Å². The first kappa shape index (κ1) is 20.9. The third kappa shape index (κ3) is 5.79. The van der Waals surface area contributed by atoms with Crippen LogP contribution in [0.1, 0.15) is 26.7 Å². The van der Waals surface area contributed by atoms with Crippen LogP contribution in [0.2, 0.25) is 0 Å². The van der Waals surface area contributed by atoms with E-state index in [4.69, 9.17) is 4.74 Å². The van der Waals surface area contributed by atoms with Crippen molar-refractivity contribution in [1.82, 2.24) is 20.0 Å². The average Bonchev–Trinajstić information content (AvgIpc) is 2.63. The first-order valence-electron chi connectivity index (χ1n) is 9.71. The number of piperidine rings is 1. The first-order chi connectivity index (χ1) is 11.6. The van der Waals surface area contributed by atoms with Gasteiger partial charge in [0, 0.05) is 57.8 Å². The van der Waals surface area contributed by atoms with Crippen molar-refractivity contribution in [1.29, 1.82) is 0 Å². The zero-order chi connectivity index (χ0) is 16.9. The molecule has 3 saturated heterocycles. The molecule has 146 valence electrons. The van der Waals surface area contributed by atoms with Crippen LogP contribution >= 0.6 is 12.4 Å². The van der Waals surface area contributed by atoms with E-state index >= 15 is 0 Å². The second kappa shape index (κ2) is 10.1. The number of carbonyl (C=O) groups excluding carboxylic acids is 1. The number of hydrogen-bond donors (Lipinski definition) is 1. The van der Waals surface area contributed by atoms with Crippen molar-refractivity contribution in [2.75, 3.05) is 65.5 Å². The number of halogens is 1. The van der Waals surface area contributed by atoms with Gasteiger partial charge in [0.25, 0.3) is 0 Å². The molecule has 1 N–H and O–H groups in total. The van der Waals surface area contributed by atoms with Crippen molar-refractivity contribution in [3.63, 3.8) is 0 Å². The molecule has 25 heavy (non-hydrogen) atoms. The molecular formula is C18H35ClN4O2. The average molecular weight is 375 g/mol. The summed E-state index contributed by atoms with van der Waals surface area (Å²) < 4.78 is 5.96. The first-order valence-corrected chi connectivity index (χ1v) is 9.71. The molecule has 3 aliphatic heterocycles. The fourth-order valence-electron chi connectivity index (χ4n) is 4.09. The molecule has 0 bridgehead atoms. The van der Waals surface area contributed by atoms with Crippen LogP contribution in [-0.4, -0.2) is 98.3 Å². The van der Waals surface area contributed by atoms with Gasteiger partial charge in [-0.2, -0.15) is 0 Å². The van der Waals surface area contributed by atoms with Crippen molar-refractivity contribution in [3.8, 4) is 0 Å². The smallest absolute Gasteiger partial charge is 0.225 e. The molecule has 1 unspecified atom stereocenters. The molecule has 1 atom stereocenters. The maximum Gasteiger partial charge on any atom is 0.225 e. The molecule has 3 rings (SSSR count). The number of piperazine rings is 1. The van der Waals surface area contributed by atoms with Crippen molar-refractivity contribution >= 4 is 18.3 Å². The SMILES string of the molecule is CC(C)N1CCOC(CN2CCN(C(=O)C3CCNCC3)CC2)C1.Cl. The molecule has 0 spiro atoms. The third-order valence-corrected chi connectivity index (χ3v) is 5.73. The molecule has 3 heterocycles. The van der Waals surface area contributed by atoms with Gasteiger partial charge < -0.3 is 15.0 Å². The van der Waals surface area contributed by atoms with Gasteiger partial charge >= 0.3 is 0 Å². The predicted octanol–water partition coefficient (Wildman–Crippen LogP) is 0.661. The number of amides is 1. The van der Waals surface area contributed by atoms with Crippen LogP contribution < -0.4 is 5.32 Å². The molecule has 3 fully saturated rings. The van der Waals surface area contributed by atoms with Gasteiger partial charge in [0.15, 0.2) is 0 Å². The molecule has 0 aromatic rings. The number of nitrogens with zero attached hydrogens (tertiary/aromatic N) is 3. The van der Waals surface area contributed by atoms with Crippen LogP contribution in [0.15, 0.2) is 0 Å². The molecule has 0 saturated carbocycles. The monoisotopic (exact) mass is 374 g/mol. The maximum atomic E-state index is 12.6. The number of hydrogen-bond acceptors (Lipinski definition) is 5. The number of rotatable bonds is 4. The number of carbonyl (C=O) groups is 1. The van der Waals surface area contributed by atoms with E-state index in [2.05, 4.69) is 33.9 Å². The summed E-state index contributed by atoms with van der Waals surface area (Å²) in [5.74, 6) is 0.634. The molecule has 7 heteroatoms. The summed E-state index contributed by atoms with van der Waals surface area (Å²) in [5.41, 5.74) is 0. The number of ether oxygens (including phenoxy) is 1. The summed E-state index contributed by atoms with van der Waals surface area (Å²) in [5, 5.41) is 3.34. The van der Waals surface area contributed by atoms with Crippen LogP contribution in [0.25, 0.3) is 0 Å². The van der Waals surface area contributed by atoms with Gasteiger partial charge in [-0.1, -0.05) is 0 Å². The minimum absolute atomic E-state index is 0. The number of morpholine rings is 1. The van der Waals surface area contributed by atoms with E-state index in [-0.39, 0.29) is 18.3 Å². The lowest BCUT2D eigenvalue weighted by atomic mass is 9.96. The van der Waals surface area contributed by atoms with E-state index in [1.807, 2.05) is 0 Å². The number of nitrogens with one attached hydrogen (secondary N) is 1. The molecule has 0 radical (unpaired) electrons. The Labute approximate surface area is 158 Å². The van der Waals surface area contributed by atoms with Crippen LogP contribution in [0.5, 0.6) is 0 Å². The molecule has 0 aromatic heterocycles. The lowest BCUT2D eigenvalue weighted by Crippen LogP contribution is -2.55. The Balaban J connectivity index is 0.00000225. The summed E-state index contributed by atoms with van der Waals surface area (Å²) in [6.45, 7) is 14.1. The molecule has 6 nitrogen and oxygen atoms in total. The van der Waals surface area contributed by atoms with Gasteiger partial charge in [-0.15, -0.1) is 12.4 Å². The minimum Gasteiger partial charge on any atom is -0.374 e. The van der Waals surface area contributed by atoms with Crippen LogP contribution in [0, 0.1) is 5.92 Å². The van der Waals surface area contributed by atoms with E-state index in [1.54, 1.807) is 0 Å². The fourth-order valence-corrected chi connectivity index (χ4v) is 4.09. The van der Waals surface area contributed by atoms with Crippen LogP contribution in [0.4, 0.5) is 0 Å². The van der Waals surface area contributed by atoms with E-state index in [9.17, 15) is 4.79 Å². The van der Waals surface area contributed by atoms with Crippen molar-refractivity contribution < 1.29 is 9.53 Å². The summed E-state index contributed by atoms with van der Waals surface area (Å²) in [6, 6.07) is 0.593. The van der Waals surface area contributed by atoms with E-state index in [0.29, 0.717) is 18.1 Å². The minimum atomic E-state index is 0. The second-order valence-corrected chi connectivity index (χ2v) is 7.73. The standard InChI is InChI=1S/C18H34N4O2.ClH/c1-15(2)22-11-12-24-17(14-22)13-20-7-9-21(10-8-20)18(23)16-3-5-19-6-4-16;/h15-17,19H,3-14H2,1-2H3;1H. The van der Waals surface area contributed by atoms with Gasteiger partial charge in [-0.05, 0) is 39.8 Å². The summed E-state index contributed by atoms with van der Waals surface area (Å²) in [7, 11) is 0. The van der Waals surface area contributed by atoms with Crippen LogP contribution in [0.3, 0.4) is 0 Å². The third-order valence-electron chi connectivity index (χ3n) is 5.73. The van der Waals surface area contributed by atoms with E-state index < -0.39 is 0 Å². The van der Waals surface area contributed by atoms with Gasteiger partial charge in [0.05, 0.1) is 12.7 Å². The zero-order valence-electron chi connectivity index (χ0n) is 15.8. The Kier molecular flexibility index (Phi) is 8.42. The van der Waals surface area contributed by atoms with Gasteiger partial charge in [0.1, 0.15) is 0 Å². The summed E-state index contributed by atoms with van der Waals surface area (Å²) >= 11 is 0. The molecule has 3 aliphatic rings. The fraction of sp³-hybridized carbons (Fsp3) is 0.944. The predicted molar refractivity (Wildman–Crippen MR) is 102 cm³/mol. The highest BCUT2D eigenvalue weighted by atomic mass is 35.5. The normalized spacial score (nSPS) is 27.3. The highest BCUT2D eigenvalue weighted by molar-refractivity contribution is 5.85. The Morgan fingerprint density at radius 2 is 1.80 bits per heavy atom. The maximum absolute atomic E-state index is 12.6. The Hall–Kier alpha value is -0.400. The lowest BCUT2D eigenvalue weighted by molar-refractivity contribution is -0.138. The summed E-state index contributed by atoms with van der Waals surface area (Å²) in [4.78, 5) is 19.7. The Morgan fingerprint density at radius 1 is 1.12 bits per heavy atom. The van der Waals surface area contributed by atoms with E-state index in [1.165, 1.54) is 0 Å². The molecular weight excluding hydrogens is 340 g/mol. The highest BCUT2D eigenvalue weighted by Crippen LogP contribution is 2.17. The lowest BCUT2D eigenvalue weighted by Gasteiger charge is -2.41. The van der Waals surface area contributed by atoms with Crippen LogP contribution in [-0.2, 0) is 9.53 Å². The summed E-state index contributed by atoms with van der Waals surface area (Å²) in [6.07, 6.45) is 2.31. The largest absolute Gasteiger partial charge is 0.374 e. The topological polar surface area (TPSA) is 48.1 Å². The Bertz CT molecular complexity index is 410. The zero-order valence-corrected chi connectivity index (χ0v) is 16.6. The molecule has 1 amide bonds. The quantitative estimate of drug-likeness (QED) is 0.783. The molecule has 0 aliphatic carbocycles. The van der Waals surface area contributed by atoms with E-state index in [0.717, 1.165) is 78.4 Å². The van der Waals surface area contributed by atoms with Gasteiger partial charge in [-0.3, -0.25) is 14.6 Å². The van der Waals surface area contributed by atoms with Gasteiger partial charge in [-0.25, -0.2) is 0 Å². The molecule has 0 aromatic carbocycles.